The molecular weight excluding hydrogens is 348 g/mol. The quantitative estimate of drug-likeness (QED) is 0.829. The summed E-state index contributed by atoms with van der Waals surface area (Å²) in [7, 11) is 1.55. The Labute approximate surface area is 157 Å². The van der Waals surface area contributed by atoms with Crippen LogP contribution in [0, 0.1) is 6.92 Å². The van der Waals surface area contributed by atoms with E-state index < -0.39 is 11.7 Å². The standard InChI is InChI=1S/C21H24O6/c1-10-6-14(23)7-18(26-10)16-8-15-19(27-21(16)24)9-17(25-5)12(3)20(15)11(2)13(4)22/h7-11,13,22H,6H2,1-5H3/t10?,11-,13+/m0/s1. The molecule has 1 aliphatic rings. The van der Waals surface area contributed by atoms with Gasteiger partial charge in [-0.15, -0.1) is 0 Å². The number of aliphatic hydroxyl groups excluding tert-OH is 1. The second kappa shape index (κ2) is 7.19. The molecule has 1 unspecified atom stereocenters. The van der Waals surface area contributed by atoms with E-state index in [0.717, 1.165) is 11.1 Å². The van der Waals surface area contributed by atoms with Gasteiger partial charge in [0.1, 0.15) is 28.8 Å². The average Bonchev–Trinajstić information content (AvgIpc) is 2.59. The van der Waals surface area contributed by atoms with Crippen molar-refractivity contribution in [2.24, 2.45) is 0 Å². The lowest BCUT2D eigenvalue weighted by molar-refractivity contribution is -0.117. The van der Waals surface area contributed by atoms with Gasteiger partial charge in [0, 0.05) is 29.9 Å². The van der Waals surface area contributed by atoms with E-state index in [1.54, 1.807) is 33.1 Å². The lowest BCUT2D eigenvalue weighted by Crippen LogP contribution is -2.21. The van der Waals surface area contributed by atoms with Crippen LogP contribution in [0.5, 0.6) is 5.75 Å². The van der Waals surface area contributed by atoms with Gasteiger partial charge in [0.25, 0.3) is 0 Å². The summed E-state index contributed by atoms with van der Waals surface area (Å²) in [6, 6.07) is 3.34. The summed E-state index contributed by atoms with van der Waals surface area (Å²) in [5.41, 5.74) is 1.68. The third-order valence-corrected chi connectivity index (χ3v) is 5.08. The highest BCUT2D eigenvalue weighted by atomic mass is 16.5. The summed E-state index contributed by atoms with van der Waals surface area (Å²) < 4.78 is 16.7. The van der Waals surface area contributed by atoms with Crippen molar-refractivity contribution in [2.75, 3.05) is 7.11 Å². The minimum atomic E-state index is -0.610. The summed E-state index contributed by atoms with van der Waals surface area (Å²) in [5.74, 6) is 0.494. The fourth-order valence-electron chi connectivity index (χ4n) is 3.50. The molecule has 1 aromatic carbocycles. The number of rotatable bonds is 4. The highest BCUT2D eigenvalue weighted by Gasteiger charge is 2.25. The first-order valence-corrected chi connectivity index (χ1v) is 8.97. The van der Waals surface area contributed by atoms with Crippen LogP contribution < -0.4 is 10.4 Å². The molecule has 1 aromatic heterocycles. The summed E-state index contributed by atoms with van der Waals surface area (Å²) in [6.45, 7) is 7.30. The van der Waals surface area contributed by atoms with Gasteiger partial charge in [0.15, 0.2) is 5.78 Å². The van der Waals surface area contributed by atoms with Crippen molar-refractivity contribution < 1.29 is 23.8 Å². The Morgan fingerprint density at radius 2 is 1.96 bits per heavy atom. The number of hydrogen-bond donors (Lipinski definition) is 1. The summed E-state index contributed by atoms with van der Waals surface area (Å²) in [5, 5.41) is 10.8. The molecule has 0 amide bonds. The number of ketones is 1. The predicted molar refractivity (Wildman–Crippen MR) is 102 cm³/mol. The number of carbonyl (C=O) groups excluding carboxylic acids is 1. The fourth-order valence-corrected chi connectivity index (χ4v) is 3.50. The van der Waals surface area contributed by atoms with E-state index in [1.165, 1.54) is 6.08 Å². The Balaban J connectivity index is 2.31. The van der Waals surface area contributed by atoms with E-state index in [9.17, 15) is 14.7 Å². The Bertz CT molecular complexity index is 982. The lowest BCUT2D eigenvalue weighted by Gasteiger charge is -2.23. The first-order valence-electron chi connectivity index (χ1n) is 8.97. The van der Waals surface area contributed by atoms with Crippen LogP contribution in [0.3, 0.4) is 0 Å². The Kier molecular flexibility index (Phi) is 5.11. The lowest BCUT2D eigenvalue weighted by atomic mass is 9.88. The van der Waals surface area contributed by atoms with E-state index in [1.807, 2.05) is 13.8 Å². The smallest absolute Gasteiger partial charge is 0.347 e. The summed E-state index contributed by atoms with van der Waals surface area (Å²) in [6.07, 6.45) is 0.706. The Morgan fingerprint density at radius 3 is 2.56 bits per heavy atom. The molecule has 27 heavy (non-hydrogen) atoms. The number of allylic oxidation sites excluding steroid dienone is 1. The molecule has 0 saturated heterocycles. The molecule has 0 aliphatic carbocycles. The second-order valence-corrected chi connectivity index (χ2v) is 7.11. The van der Waals surface area contributed by atoms with Crippen LogP contribution in [0.15, 0.2) is 27.4 Å². The number of fused-ring (bicyclic) bond motifs is 1. The van der Waals surface area contributed by atoms with Crippen molar-refractivity contribution in [3.8, 4) is 5.75 Å². The maximum Gasteiger partial charge on any atom is 0.347 e. The summed E-state index contributed by atoms with van der Waals surface area (Å²) >= 11 is 0. The SMILES string of the molecule is COc1cc2oc(=O)c(C3=CC(=O)CC(C)O3)cc2c([C@@H](C)[C@@H](C)O)c1C. The number of hydrogen-bond acceptors (Lipinski definition) is 6. The molecule has 0 radical (unpaired) electrons. The van der Waals surface area contributed by atoms with E-state index >= 15 is 0 Å². The first-order chi connectivity index (χ1) is 12.7. The van der Waals surface area contributed by atoms with Crippen molar-refractivity contribution in [1.29, 1.82) is 0 Å². The Hall–Kier alpha value is -2.60. The van der Waals surface area contributed by atoms with Crippen LogP contribution in [0.25, 0.3) is 16.7 Å². The van der Waals surface area contributed by atoms with Crippen molar-refractivity contribution in [3.63, 3.8) is 0 Å². The van der Waals surface area contributed by atoms with Crippen LogP contribution >= 0.6 is 0 Å². The summed E-state index contributed by atoms with van der Waals surface area (Å²) in [4.78, 5) is 24.5. The van der Waals surface area contributed by atoms with Gasteiger partial charge < -0.3 is 19.0 Å². The van der Waals surface area contributed by atoms with Gasteiger partial charge >= 0.3 is 5.63 Å². The van der Waals surface area contributed by atoms with Gasteiger partial charge in [-0.05, 0) is 38.0 Å². The van der Waals surface area contributed by atoms with Crippen LogP contribution in [-0.4, -0.2) is 30.2 Å². The third-order valence-electron chi connectivity index (χ3n) is 5.08. The normalized spacial score (nSPS) is 19.4. The molecule has 2 heterocycles. The molecule has 6 heteroatoms. The van der Waals surface area contributed by atoms with E-state index in [2.05, 4.69) is 0 Å². The van der Waals surface area contributed by atoms with Crippen molar-refractivity contribution in [3.05, 3.63) is 45.3 Å². The van der Waals surface area contributed by atoms with Gasteiger partial charge in [-0.1, -0.05) is 6.92 Å². The highest BCUT2D eigenvalue weighted by Crippen LogP contribution is 2.37. The molecule has 2 aromatic rings. The van der Waals surface area contributed by atoms with Gasteiger partial charge in [-0.2, -0.15) is 0 Å². The zero-order valence-electron chi connectivity index (χ0n) is 16.2. The molecule has 0 spiro atoms. The predicted octanol–water partition coefficient (Wildman–Crippen LogP) is 3.31. The zero-order chi connectivity index (χ0) is 19.9. The van der Waals surface area contributed by atoms with Crippen LogP contribution in [0.1, 0.15) is 49.8 Å². The highest BCUT2D eigenvalue weighted by molar-refractivity contribution is 5.98. The van der Waals surface area contributed by atoms with E-state index in [4.69, 9.17) is 13.9 Å². The van der Waals surface area contributed by atoms with Crippen molar-refractivity contribution >= 4 is 22.5 Å². The van der Waals surface area contributed by atoms with Gasteiger partial charge in [-0.3, -0.25) is 4.79 Å². The molecule has 1 N–H and O–H groups in total. The number of carbonyl (C=O) groups is 1. The van der Waals surface area contributed by atoms with Crippen LogP contribution in [-0.2, 0) is 9.53 Å². The molecule has 144 valence electrons. The minimum Gasteiger partial charge on any atom is -0.496 e. The zero-order valence-corrected chi connectivity index (χ0v) is 16.2. The Morgan fingerprint density at radius 1 is 1.26 bits per heavy atom. The van der Waals surface area contributed by atoms with Gasteiger partial charge in [0.2, 0.25) is 0 Å². The molecule has 3 atom stereocenters. The number of benzene rings is 1. The molecule has 0 bridgehead atoms. The number of methoxy groups -OCH3 is 1. The maximum atomic E-state index is 12.6. The van der Waals surface area contributed by atoms with E-state index in [0.29, 0.717) is 16.7 Å². The average molecular weight is 372 g/mol. The van der Waals surface area contributed by atoms with Crippen LogP contribution in [0.2, 0.25) is 0 Å². The van der Waals surface area contributed by atoms with Crippen molar-refractivity contribution in [2.45, 2.75) is 52.2 Å². The number of ether oxygens (including phenoxy) is 2. The molecule has 0 fully saturated rings. The topological polar surface area (TPSA) is 86.0 Å². The van der Waals surface area contributed by atoms with Crippen molar-refractivity contribution in [1.82, 2.24) is 0 Å². The molecule has 1 aliphatic heterocycles. The second-order valence-electron chi connectivity index (χ2n) is 7.11. The first kappa shape index (κ1) is 19.2. The van der Waals surface area contributed by atoms with Gasteiger partial charge in [-0.25, -0.2) is 4.79 Å². The van der Waals surface area contributed by atoms with Crippen LogP contribution in [0.4, 0.5) is 0 Å². The maximum absolute atomic E-state index is 12.6. The molecular formula is C21H24O6. The fraction of sp³-hybridized carbons (Fsp3) is 0.429. The molecule has 6 nitrogen and oxygen atoms in total. The minimum absolute atomic E-state index is 0.0910. The van der Waals surface area contributed by atoms with Gasteiger partial charge in [0.05, 0.1) is 13.2 Å². The largest absolute Gasteiger partial charge is 0.496 e. The van der Waals surface area contributed by atoms with E-state index in [-0.39, 0.29) is 35.5 Å². The number of aliphatic hydroxyl groups is 1. The molecule has 0 saturated carbocycles. The molecule has 3 rings (SSSR count). The third kappa shape index (κ3) is 3.49. The monoisotopic (exact) mass is 372 g/mol.